The minimum Gasteiger partial charge on any atom is -0.341 e. The van der Waals surface area contributed by atoms with Crippen LogP contribution in [-0.4, -0.2) is 34.9 Å². The van der Waals surface area contributed by atoms with E-state index in [2.05, 4.69) is 4.98 Å². The summed E-state index contributed by atoms with van der Waals surface area (Å²) < 4.78 is 38.8. The van der Waals surface area contributed by atoms with Gasteiger partial charge in [-0.3, -0.25) is 4.79 Å². The van der Waals surface area contributed by atoms with E-state index >= 15 is 0 Å². The lowest BCUT2D eigenvalue weighted by Crippen LogP contribution is -2.31. The van der Waals surface area contributed by atoms with Crippen molar-refractivity contribution in [2.45, 2.75) is 31.5 Å². The summed E-state index contributed by atoms with van der Waals surface area (Å²) in [5.41, 5.74) is 5.40. The molecule has 0 saturated carbocycles. The quantitative estimate of drug-likeness (QED) is 0.932. The van der Waals surface area contributed by atoms with Gasteiger partial charge in [-0.2, -0.15) is 13.2 Å². The van der Waals surface area contributed by atoms with Gasteiger partial charge in [0, 0.05) is 32.0 Å². The van der Waals surface area contributed by atoms with Gasteiger partial charge in [0.1, 0.15) is 0 Å². The average molecular weight is 343 g/mol. The Balaban J connectivity index is 1.68. The molecule has 4 nitrogen and oxygen atoms in total. The summed E-state index contributed by atoms with van der Waals surface area (Å²) in [5, 5.41) is 0.677. The number of hydrogen-bond donors (Lipinski definition) is 1. The van der Waals surface area contributed by atoms with Gasteiger partial charge in [0.05, 0.1) is 20.8 Å². The molecule has 1 atom stereocenters. The summed E-state index contributed by atoms with van der Waals surface area (Å²) in [6, 6.07) is 3.58. The fourth-order valence-electron chi connectivity index (χ4n) is 2.64. The molecule has 23 heavy (non-hydrogen) atoms. The van der Waals surface area contributed by atoms with Crippen molar-refractivity contribution in [1.82, 2.24) is 9.88 Å². The van der Waals surface area contributed by atoms with E-state index in [1.165, 1.54) is 17.4 Å². The predicted octanol–water partition coefficient (Wildman–Crippen LogP) is 2.81. The molecule has 1 amide bonds. The van der Waals surface area contributed by atoms with Crippen LogP contribution in [0, 0.1) is 0 Å². The topological polar surface area (TPSA) is 59.2 Å². The Hall–Kier alpha value is -1.67. The first-order valence-electron chi connectivity index (χ1n) is 7.33. The molecule has 3 rings (SSSR count). The second kappa shape index (κ2) is 6.09. The number of nitrogens with zero attached hydrogens (tertiary/aromatic N) is 2. The zero-order valence-electron chi connectivity index (χ0n) is 12.3. The fourth-order valence-corrected chi connectivity index (χ4v) is 3.59. The van der Waals surface area contributed by atoms with Gasteiger partial charge in [-0.15, -0.1) is 11.3 Å². The highest BCUT2D eigenvalue weighted by molar-refractivity contribution is 7.18. The molecule has 0 aliphatic carbocycles. The Morgan fingerprint density at radius 1 is 1.43 bits per heavy atom. The van der Waals surface area contributed by atoms with Crippen LogP contribution in [0.15, 0.2) is 18.2 Å². The number of amides is 1. The Kier molecular flexibility index (Phi) is 4.29. The van der Waals surface area contributed by atoms with E-state index < -0.39 is 11.7 Å². The van der Waals surface area contributed by atoms with Crippen LogP contribution in [-0.2, 0) is 17.4 Å². The molecule has 0 spiro atoms. The van der Waals surface area contributed by atoms with Gasteiger partial charge in [0.15, 0.2) is 0 Å². The van der Waals surface area contributed by atoms with E-state index in [9.17, 15) is 18.0 Å². The molecule has 2 N–H and O–H groups in total. The molecule has 0 bridgehead atoms. The van der Waals surface area contributed by atoms with Crippen molar-refractivity contribution in [3.8, 4) is 0 Å². The van der Waals surface area contributed by atoms with Crippen LogP contribution in [0.4, 0.5) is 13.2 Å². The SMILES string of the molecule is N[C@@H]1CCN(C(=O)CCc2nc3cc(C(F)(F)F)ccc3s2)C1. The second-order valence-corrected chi connectivity index (χ2v) is 6.79. The highest BCUT2D eigenvalue weighted by Gasteiger charge is 2.30. The van der Waals surface area contributed by atoms with Crippen molar-refractivity contribution in [2.75, 3.05) is 13.1 Å². The van der Waals surface area contributed by atoms with Crippen LogP contribution < -0.4 is 5.73 Å². The molecule has 8 heteroatoms. The maximum Gasteiger partial charge on any atom is 0.416 e. The summed E-state index contributed by atoms with van der Waals surface area (Å²) in [7, 11) is 0. The third-order valence-corrected chi connectivity index (χ3v) is 4.99. The number of halogens is 3. The molecule has 1 fully saturated rings. The van der Waals surface area contributed by atoms with Gasteiger partial charge in [0.2, 0.25) is 5.91 Å². The van der Waals surface area contributed by atoms with Crippen LogP contribution in [0.25, 0.3) is 10.2 Å². The zero-order valence-corrected chi connectivity index (χ0v) is 13.1. The second-order valence-electron chi connectivity index (χ2n) is 5.68. The van der Waals surface area contributed by atoms with Crippen molar-refractivity contribution in [3.63, 3.8) is 0 Å². The van der Waals surface area contributed by atoms with Gasteiger partial charge >= 0.3 is 6.18 Å². The third kappa shape index (κ3) is 3.64. The molecule has 2 aromatic rings. The number of carbonyl (C=O) groups is 1. The lowest BCUT2D eigenvalue weighted by atomic mass is 10.2. The first-order chi connectivity index (χ1) is 10.8. The molecule has 1 aliphatic rings. The lowest BCUT2D eigenvalue weighted by Gasteiger charge is -2.14. The van der Waals surface area contributed by atoms with Crippen molar-refractivity contribution in [3.05, 3.63) is 28.8 Å². The number of alkyl halides is 3. The molecule has 1 saturated heterocycles. The minimum atomic E-state index is -4.37. The van der Waals surface area contributed by atoms with E-state index in [-0.39, 0.29) is 11.9 Å². The van der Waals surface area contributed by atoms with Crippen molar-refractivity contribution < 1.29 is 18.0 Å². The Labute approximate surface area is 135 Å². The maximum atomic E-state index is 12.7. The summed E-state index contributed by atoms with van der Waals surface area (Å²) in [5.74, 6) is 0.0215. The standard InChI is InChI=1S/C15H16F3N3OS/c16-15(17,18)9-1-2-12-11(7-9)20-13(23-12)3-4-14(22)21-6-5-10(19)8-21/h1-2,7,10H,3-6,8,19H2/t10-/m1/s1. The minimum absolute atomic E-state index is 0.0215. The van der Waals surface area contributed by atoms with Gasteiger partial charge in [0.25, 0.3) is 0 Å². The number of hydrogen-bond acceptors (Lipinski definition) is 4. The normalized spacial score (nSPS) is 18.8. The number of fused-ring (bicyclic) bond motifs is 1. The number of likely N-dealkylation sites (tertiary alicyclic amines) is 1. The smallest absolute Gasteiger partial charge is 0.341 e. The summed E-state index contributed by atoms with van der Waals surface area (Å²) in [6.07, 6.45) is -2.82. The Bertz CT molecular complexity index is 728. The van der Waals surface area contributed by atoms with E-state index in [4.69, 9.17) is 5.73 Å². The van der Waals surface area contributed by atoms with Crippen LogP contribution in [0.1, 0.15) is 23.4 Å². The molecular weight excluding hydrogens is 327 g/mol. The van der Waals surface area contributed by atoms with E-state index in [1.54, 1.807) is 4.90 Å². The summed E-state index contributed by atoms with van der Waals surface area (Å²) in [4.78, 5) is 18.0. The first-order valence-corrected chi connectivity index (χ1v) is 8.14. The number of nitrogens with two attached hydrogens (primary N) is 1. The maximum absolute atomic E-state index is 12.7. The van der Waals surface area contributed by atoms with Crippen LogP contribution in [0.3, 0.4) is 0 Å². The summed E-state index contributed by atoms with van der Waals surface area (Å²) in [6.45, 7) is 1.25. The first kappa shape index (κ1) is 16.2. The number of aryl methyl sites for hydroxylation is 1. The number of aromatic nitrogens is 1. The summed E-state index contributed by atoms with van der Waals surface area (Å²) >= 11 is 1.33. The lowest BCUT2D eigenvalue weighted by molar-refractivity contribution is -0.137. The third-order valence-electron chi connectivity index (χ3n) is 3.89. The highest BCUT2D eigenvalue weighted by atomic mass is 32.1. The Morgan fingerprint density at radius 3 is 2.87 bits per heavy atom. The molecule has 0 unspecified atom stereocenters. The van der Waals surface area contributed by atoms with Crippen LogP contribution in [0.5, 0.6) is 0 Å². The number of thiazole rings is 1. The predicted molar refractivity (Wildman–Crippen MR) is 82.1 cm³/mol. The van der Waals surface area contributed by atoms with Crippen LogP contribution in [0.2, 0.25) is 0 Å². The van der Waals surface area contributed by atoms with Gasteiger partial charge < -0.3 is 10.6 Å². The molecule has 0 radical (unpaired) electrons. The molecule has 2 heterocycles. The fraction of sp³-hybridized carbons (Fsp3) is 0.467. The van der Waals surface area contributed by atoms with Gasteiger partial charge in [-0.25, -0.2) is 4.98 Å². The van der Waals surface area contributed by atoms with Gasteiger partial charge in [-0.1, -0.05) is 0 Å². The highest BCUT2D eigenvalue weighted by Crippen LogP contribution is 2.33. The van der Waals surface area contributed by atoms with Crippen molar-refractivity contribution in [1.29, 1.82) is 0 Å². The molecule has 124 valence electrons. The van der Waals surface area contributed by atoms with Crippen molar-refractivity contribution >= 4 is 27.5 Å². The number of rotatable bonds is 3. The van der Waals surface area contributed by atoms with Crippen molar-refractivity contribution in [2.24, 2.45) is 5.73 Å². The number of carbonyl (C=O) groups excluding carboxylic acids is 1. The molecule has 1 aliphatic heterocycles. The zero-order chi connectivity index (χ0) is 16.6. The molecular formula is C15H16F3N3OS. The van der Waals surface area contributed by atoms with E-state index in [1.807, 2.05) is 0 Å². The van der Waals surface area contributed by atoms with Gasteiger partial charge in [-0.05, 0) is 24.6 Å². The average Bonchev–Trinajstić information content (AvgIpc) is 3.08. The molecule has 1 aromatic heterocycles. The number of benzene rings is 1. The van der Waals surface area contributed by atoms with E-state index in [0.717, 1.165) is 18.6 Å². The Morgan fingerprint density at radius 2 is 2.22 bits per heavy atom. The molecule has 1 aromatic carbocycles. The largest absolute Gasteiger partial charge is 0.416 e. The van der Waals surface area contributed by atoms with E-state index in [0.29, 0.717) is 41.2 Å². The van der Waals surface area contributed by atoms with Crippen LogP contribution >= 0.6 is 11.3 Å². The monoisotopic (exact) mass is 343 g/mol.